The van der Waals surface area contributed by atoms with Crippen LogP contribution in [0.15, 0.2) is 23.0 Å². The average Bonchev–Trinajstić information content (AvgIpc) is 2.84. The smallest absolute Gasteiger partial charge is 0.250 e. The van der Waals surface area contributed by atoms with E-state index in [-0.39, 0.29) is 29.6 Å². The quantitative estimate of drug-likeness (QED) is 0.801. The standard InChI is InChI=1S/C14H21N3O4S/c1-11-3-2-4-14(19)17(11)8-6-13(18)16-7-5-12(9-16)10-22(15,20)21/h2-4,12H,5-10H2,1H3,(H2,15,20,21). The van der Waals surface area contributed by atoms with Crippen LogP contribution >= 0.6 is 0 Å². The van der Waals surface area contributed by atoms with Gasteiger partial charge in [0.2, 0.25) is 15.9 Å². The van der Waals surface area contributed by atoms with Gasteiger partial charge in [0.25, 0.3) is 5.56 Å². The minimum atomic E-state index is -3.51. The van der Waals surface area contributed by atoms with Crippen molar-refractivity contribution in [3.05, 3.63) is 34.2 Å². The number of carbonyl (C=O) groups is 1. The molecule has 1 saturated heterocycles. The van der Waals surface area contributed by atoms with Gasteiger partial charge in [-0.15, -0.1) is 0 Å². The van der Waals surface area contributed by atoms with E-state index in [1.165, 1.54) is 6.07 Å². The second kappa shape index (κ2) is 6.62. The largest absolute Gasteiger partial charge is 0.342 e. The average molecular weight is 327 g/mol. The summed E-state index contributed by atoms with van der Waals surface area (Å²) < 4.78 is 23.7. The highest BCUT2D eigenvalue weighted by molar-refractivity contribution is 7.89. The first-order chi connectivity index (χ1) is 10.3. The lowest BCUT2D eigenvalue weighted by atomic mass is 10.2. The van der Waals surface area contributed by atoms with Gasteiger partial charge in [0.15, 0.2) is 0 Å². The van der Waals surface area contributed by atoms with Crippen LogP contribution in [0.2, 0.25) is 0 Å². The molecule has 0 saturated carbocycles. The fourth-order valence-electron chi connectivity index (χ4n) is 2.80. The van der Waals surface area contributed by atoms with Crippen LogP contribution in [0.5, 0.6) is 0 Å². The molecule has 0 aliphatic carbocycles. The monoisotopic (exact) mass is 327 g/mol. The number of likely N-dealkylation sites (tertiary alicyclic amines) is 1. The highest BCUT2D eigenvalue weighted by atomic mass is 32.2. The molecule has 1 aromatic rings. The minimum absolute atomic E-state index is 0.0629. The first kappa shape index (κ1) is 16.7. The number of hydrogen-bond acceptors (Lipinski definition) is 4. The summed E-state index contributed by atoms with van der Waals surface area (Å²) in [5, 5.41) is 5.04. The summed E-state index contributed by atoms with van der Waals surface area (Å²) in [7, 11) is -3.51. The predicted octanol–water partition coefficient (Wildman–Crippen LogP) is -0.316. The Bertz CT molecular complexity index is 711. The molecule has 1 aromatic heterocycles. The third-order valence-electron chi connectivity index (χ3n) is 3.92. The molecule has 7 nitrogen and oxygen atoms in total. The molecule has 1 unspecified atom stereocenters. The molecule has 1 fully saturated rings. The normalized spacial score (nSPS) is 18.6. The van der Waals surface area contributed by atoms with Crippen molar-refractivity contribution in [3.63, 3.8) is 0 Å². The fraction of sp³-hybridized carbons (Fsp3) is 0.571. The second-order valence-electron chi connectivity index (χ2n) is 5.73. The van der Waals surface area contributed by atoms with Gasteiger partial charge in [0.05, 0.1) is 5.75 Å². The topological polar surface area (TPSA) is 102 Å². The van der Waals surface area contributed by atoms with Crippen LogP contribution in [0.1, 0.15) is 18.5 Å². The van der Waals surface area contributed by atoms with Crippen molar-refractivity contribution < 1.29 is 13.2 Å². The summed E-state index contributed by atoms with van der Waals surface area (Å²) >= 11 is 0. The number of nitrogens with zero attached hydrogens (tertiary/aromatic N) is 2. The van der Waals surface area contributed by atoms with Crippen LogP contribution in [0, 0.1) is 12.8 Å². The Morgan fingerprint density at radius 3 is 2.77 bits per heavy atom. The van der Waals surface area contributed by atoms with Gasteiger partial charge in [0.1, 0.15) is 0 Å². The van der Waals surface area contributed by atoms with Crippen LogP contribution in [0.3, 0.4) is 0 Å². The summed E-state index contributed by atoms with van der Waals surface area (Å²) in [5.41, 5.74) is 0.690. The Hall–Kier alpha value is -1.67. The third kappa shape index (κ3) is 4.41. The van der Waals surface area contributed by atoms with Crippen LogP contribution < -0.4 is 10.7 Å². The Kier molecular flexibility index (Phi) is 5.02. The van der Waals surface area contributed by atoms with Crippen molar-refractivity contribution in [3.8, 4) is 0 Å². The zero-order chi connectivity index (χ0) is 16.3. The number of primary sulfonamides is 1. The van der Waals surface area contributed by atoms with E-state index < -0.39 is 10.0 Å². The van der Waals surface area contributed by atoms with Crippen molar-refractivity contribution in [2.45, 2.75) is 26.3 Å². The minimum Gasteiger partial charge on any atom is -0.342 e. The molecule has 1 amide bonds. The number of rotatable bonds is 5. The van der Waals surface area contributed by atoms with Gasteiger partial charge in [-0.1, -0.05) is 6.07 Å². The highest BCUT2D eigenvalue weighted by Gasteiger charge is 2.28. The van der Waals surface area contributed by atoms with Gasteiger partial charge in [0, 0.05) is 37.8 Å². The Morgan fingerprint density at radius 2 is 2.14 bits per heavy atom. The van der Waals surface area contributed by atoms with Crippen LogP contribution in [-0.2, 0) is 21.4 Å². The molecular weight excluding hydrogens is 306 g/mol. The first-order valence-electron chi connectivity index (χ1n) is 7.21. The SMILES string of the molecule is Cc1cccc(=O)n1CCC(=O)N1CCC(CS(N)(=O)=O)C1. The number of carbonyl (C=O) groups excluding carboxylic acids is 1. The maximum absolute atomic E-state index is 12.2. The summed E-state index contributed by atoms with van der Waals surface area (Å²) in [5.74, 6) is -0.249. The van der Waals surface area contributed by atoms with Crippen LogP contribution in [0.4, 0.5) is 0 Å². The summed E-state index contributed by atoms with van der Waals surface area (Å²) in [6.07, 6.45) is 0.874. The lowest BCUT2D eigenvalue weighted by Gasteiger charge is -2.17. The zero-order valence-electron chi connectivity index (χ0n) is 12.6. The second-order valence-corrected chi connectivity index (χ2v) is 7.39. The molecule has 2 rings (SSSR count). The van der Waals surface area contributed by atoms with E-state index in [9.17, 15) is 18.0 Å². The summed E-state index contributed by atoms with van der Waals surface area (Å²) in [6, 6.07) is 4.98. The van der Waals surface area contributed by atoms with E-state index in [1.54, 1.807) is 15.5 Å². The van der Waals surface area contributed by atoms with Crippen molar-refractivity contribution in [1.82, 2.24) is 9.47 Å². The number of pyridine rings is 1. The van der Waals surface area contributed by atoms with Gasteiger partial charge in [-0.3, -0.25) is 9.59 Å². The molecule has 0 spiro atoms. The number of hydrogen-bond donors (Lipinski definition) is 1. The molecule has 0 radical (unpaired) electrons. The van der Waals surface area contributed by atoms with Gasteiger partial charge < -0.3 is 9.47 Å². The van der Waals surface area contributed by atoms with Gasteiger partial charge >= 0.3 is 0 Å². The van der Waals surface area contributed by atoms with E-state index in [2.05, 4.69) is 0 Å². The van der Waals surface area contributed by atoms with Crippen LogP contribution in [0.25, 0.3) is 0 Å². The van der Waals surface area contributed by atoms with E-state index in [1.807, 2.05) is 13.0 Å². The van der Waals surface area contributed by atoms with Crippen molar-refractivity contribution in [2.75, 3.05) is 18.8 Å². The number of nitrogens with two attached hydrogens (primary N) is 1. The van der Waals surface area contributed by atoms with Crippen molar-refractivity contribution in [1.29, 1.82) is 0 Å². The maximum atomic E-state index is 12.2. The van der Waals surface area contributed by atoms with Gasteiger partial charge in [-0.05, 0) is 25.3 Å². The Balaban J connectivity index is 1.90. The summed E-state index contributed by atoms with van der Waals surface area (Å²) in [4.78, 5) is 25.6. The van der Waals surface area contributed by atoms with E-state index in [0.29, 0.717) is 26.1 Å². The molecule has 0 aromatic carbocycles. The van der Waals surface area contributed by atoms with Crippen molar-refractivity contribution in [2.24, 2.45) is 11.1 Å². The van der Waals surface area contributed by atoms with Gasteiger partial charge in [-0.25, -0.2) is 13.6 Å². The number of aryl methyl sites for hydroxylation is 1. The van der Waals surface area contributed by atoms with E-state index in [0.717, 1.165) is 5.69 Å². The Labute approximate surface area is 129 Å². The molecule has 8 heteroatoms. The molecule has 2 heterocycles. The van der Waals surface area contributed by atoms with E-state index >= 15 is 0 Å². The fourth-order valence-corrected chi connectivity index (χ4v) is 3.73. The summed E-state index contributed by atoms with van der Waals surface area (Å²) in [6.45, 7) is 3.12. The molecule has 1 atom stereocenters. The highest BCUT2D eigenvalue weighted by Crippen LogP contribution is 2.18. The predicted molar refractivity (Wildman–Crippen MR) is 82.7 cm³/mol. The molecule has 1 aliphatic rings. The molecule has 122 valence electrons. The van der Waals surface area contributed by atoms with Crippen molar-refractivity contribution >= 4 is 15.9 Å². The molecule has 1 aliphatic heterocycles. The van der Waals surface area contributed by atoms with E-state index in [4.69, 9.17) is 5.14 Å². The lowest BCUT2D eigenvalue weighted by Crippen LogP contribution is -2.32. The first-order valence-corrected chi connectivity index (χ1v) is 8.92. The Morgan fingerprint density at radius 1 is 1.41 bits per heavy atom. The maximum Gasteiger partial charge on any atom is 0.250 e. The molecule has 2 N–H and O–H groups in total. The molecule has 22 heavy (non-hydrogen) atoms. The zero-order valence-corrected chi connectivity index (χ0v) is 13.4. The van der Waals surface area contributed by atoms with Crippen LogP contribution in [-0.4, -0.2) is 42.6 Å². The third-order valence-corrected chi connectivity index (χ3v) is 4.86. The molecule has 0 bridgehead atoms. The van der Waals surface area contributed by atoms with Gasteiger partial charge in [-0.2, -0.15) is 0 Å². The number of aromatic nitrogens is 1. The number of amides is 1. The number of sulfonamides is 1. The molecular formula is C14H21N3O4S. The lowest BCUT2D eigenvalue weighted by molar-refractivity contribution is -0.130.